The third-order valence-electron chi connectivity index (χ3n) is 1.85. The zero-order chi connectivity index (χ0) is 9.97. The number of rotatable bonds is 2. The van der Waals surface area contributed by atoms with Crippen LogP contribution in [-0.4, -0.2) is 25.0 Å². The Morgan fingerprint density at radius 3 is 3.00 bits per heavy atom. The minimum absolute atomic E-state index is 0.603. The molecule has 0 atom stereocenters. The van der Waals surface area contributed by atoms with Crippen LogP contribution in [0.5, 0.6) is 0 Å². The van der Waals surface area contributed by atoms with Crippen LogP contribution in [-0.2, 0) is 6.54 Å². The van der Waals surface area contributed by atoms with Crippen LogP contribution in [0.4, 0.5) is 0 Å². The molecular formula is C8H9N5S. The molecule has 0 spiro atoms. The molecule has 0 fully saturated rings. The zero-order valence-electron chi connectivity index (χ0n) is 7.64. The van der Waals surface area contributed by atoms with Crippen molar-refractivity contribution in [3.05, 3.63) is 23.2 Å². The van der Waals surface area contributed by atoms with Gasteiger partial charge in [0, 0.05) is 6.54 Å². The van der Waals surface area contributed by atoms with Crippen LogP contribution in [0.1, 0.15) is 6.92 Å². The predicted octanol–water partition coefficient (Wildman–Crippen LogP) is 1.42. The van der Waals surface area contributed by atoms with E-state index in [1.54, 1.807) is 23.3 Å². The van der Waals surface area contributed by atoms with E-state index in [9.17, 15) is 0 Å². The van der Waals surface area contributed by atoms with E-state index in [4.69, 9.17) is 12.2 Å². The first-order chi connectivity index (χ1) is 6.81. The minimum atomic E-state index is 0.603. The van der Waals surface area contributed by atoms with Crippen LogP contribution < -0.4 is 0 Å². The monoisotopic (exact) mass is 207 g/mol. The molecule has 14 heavy (non-hydrogen) atoms. The number of hydrogen-bond acceptors (Lipinski definition) is 4. The number of H-pyrrole nitrogens is 1. The van der Waals surface area contributed by atoms with E-state index in [2.05, 4.69) is 20.3 Å². The number of nitrogens with zero attached hydrogens (tertiary/aromatic N) is 4. The summed E-state index contributed by atoms with van der Waals surface area (Å²) >= 11 is 4.98. The van der Waals surface area contributed by atoms with Crippen LogP contribution in [0.2, 0.25) is 0 Å². The Balaban J connectivity index is 2.54. The van der Waals surface area contributed by atoms with Crippen LogP contribution >= 0.6 is 12.2 Å². The SMILES string of the molecule is CCn1nncc1-c1cncc(=S)[nH]1. The molecule has 0 amide bonds. The summed E-state index contributed by atoms with van der Waals surface area (Å²) < 4.78 is 2.38. The van der Waals surface area contributed by atoms with E-state index in [0.717, 1.165) is 17.9 Å². The van der Waals surface area contributed by atoms with Crippen molar-refractivity contribution in [2.45, 2.75) is 13.5 Å². The van der Waals surface area contributed by atoms with Gasteiger partial charge in [-0.25, -0.2) is 4.68 Å². The molecule has 2 aromatic rings. The molecule has 0 aliphatic rings. The molecule has 0 radical (unpaired) electrons. The van der Waals surface area contributed by atoms with E-state index in [1.807, 2.05) is 6.92 Å². The molecule has 2 heterocycles. The summed E-state index contributed by atoms with van der Waals surface area (Å²) in [5, 5.41) is 7.76. The summed E-state index contributed by atoms with van der Waals surface area (Å²) in [4.78, 5) is 7.05. The van der Waals surface area contributed by atoms with Gasteiger partial charge >= 0.3 is 0 Å². The van der Waals surface area contributed by atoms with Gasteiger partial charge in [0.25, 0.3) is 0 Å². The predicted molar refractivity (Wildman–Crippen MR) is 54.1 cm³/mol. The summed E-state index contributed by atoms with van der Waals surface area (Å²) in [7, 11) is 0. The van der Waals surface area contributed by atoms with Gasteiger partial charge in [0.2, 0.25) is 0 Å². The first-order valence-electron chi connectivity index (χ1n) is 4.24. The van der Waals surface area contributed by atoms with E-state index in [-0.39, 0.29) is 0 Å². The van der Waals surface area contributed by atoms with E-state index >= 15 is 0 Å². The van der Waals surface area contributed by atoms with Crippen molar-refractivity contribution < 1.29 is 0 Å². The van der Waals surface area contributed by atoms with Gasteiger partial charge in [-0.05, 0) is 6.92 Å². The highest BCUT2D eigenvalue weighted by Crippen LogP contribution is 2.12. The van der Waals surface area contributed by atoms with Gasteiger partial charge in [-0.3, -0.25) is 4.98 Å². The van der Waals surface area contributed by atoms with E-state index in [1.165, 1.54) is 0 Å². The average Bonchev–Trinajstić information content (AvgIpc) is 2.65. The van der Waals surface area contributed by atoms with Crippen LogP contribution in [0, 0.1) is 4.64 Å². The molecule has 2 rings (SSSR count). The fourth-order valence-corrected chi connectivity index (χ4v) is 1.38. The Bertz CT molecular complexity index is 486. The summed E-state index contributed by atoms with van der Waals surface area (Å²) in [6.07, 6.45) is 4.99. The van der Waals surface area contributed by atoms with Crippen molar-refractivity contribution >= 4 is 12.2 Å². The molecular weight excluding hydrogens is 198 g/mol. The molecule has 0 aliphatic carbocycles. The molecule has 0 aliphatic heterocycles. The maximum Gasteiger partial charge on any atom is 0.122 e. The molecule has 5 nitrogen and oxygen atoms in total. The Labute approximate surface area is 85.8 Å². The van der Waals surface area contributed by atoms with E-state index in [0.29, 0.717) is 4.64 Å². The number of aromatic amines is 1. The third kappa shape index (κ3) is 1.56. The lowest BCUT2D eigenvalue weighted by Crippen LogP contribution is -2.00. The topological polar surface area (TPSA) is 59.4 Å². The third-order valence-corrected chi connectivity index (χ3v) is 2.05. The molecule has 6 heteroatoms. The average molecular weight is 207 g/mol. The second kappa shape index (κ2) is 3.67. The summed E-state index contributed by atoms with van der Waals surface area (Å²) in [6.45, 7) is 2.77. The first-order valence-corrected chi connectivity index (χ1v) is 4.65. The Kier molecular flexibility index (Phi) is 2.36. The highest BCUT2D eigenvalue weighted by atomic mass is 32.1. The molecule has 0 saturated heterocycles. The fraction of sp³-hybridized carbons (Fsp3) is 0.250. The smallest absolute Gasteiger partial charge is 0.122 e. The van der Waals surface area contributed by atoms with Crippen LogP contribution in [0.25, 0.3) is 11.4 Å². The normalized spacial score (nSPS) is 10.4. The number of nitrogens with one attached hydrogen (secondary N) is 1. The first kappa shape index (κ1) is 9.01. The molecule has 2 aromatic heterocycles. The quantitative estimate of drug-likeness (QED) is 0.756. The van der Waals surface area contributed by atoms with Crippen molar-refractivity contribution in [3.8, 4) is 11.4 Å². The zero-order valence-corrected chi connectivity index (χ0v) is 8.45. The minimum Gasteiger partial charge on any atom is -0.342 e. The molecule has 72 valence electrons. The summed E-state index contributed by atoms with van der Waals surface area (Å²) in [5.41, 5.74) is 1.73. The van der Waals surface area contributed by atoms with E-state index < -0.39 is 0 Å². The number of aryl methyl sites for hydroxylation is 1. The van der Waals surface area contributed by atoms with Crippen molar-refractivity contribution in [3.63, 3.8) is 0 Å². The van der Waals surface area contributed by atoms with Crippen molar-refractivity contribution in [1.82, 2.24) is 25.0 Å². The lowest BCUT2D eigenvalue weighted by Gasteiger charge is -2.01. The molecule has 0 aromatic carbocycles. The van der Waals surface area contributed by atoms with Crippen LogP contribution in [0.15, 0.2) is 18.6 Å². The highest BCUT2D eigenvalue weighted by Gasteiger charge is 2.04. The van der Waals surface area contributed by atoms with Crippen molar-refractivity contribution in [2.75, 3.05) is 0 Å². The molecule has 1 N–H and O–H groups in total. The Morgan fingerprint density at radius 1 is 1.43 bits per heavy atom. The molecule has 0 unspecified atom stereocenters. The van der Waals surface area contributed by atoms with Gasteiger partial charge in [-0.15, -0.1) is 5.10 Å². The van der Waals surface area contributed by atoms with Crippen LogP contribution in [0.3, 0.4) is 0 Å². The van der Waals surface area contributed by atoms with Gasteiger partial charge in [-0.2, -0.15) is 0 Å². The molecule has 0 bridgehead atoms. The second-order valence-corrected chi connectivity index (χ2v) is 3.19. The standard InChI is InChI=1S/C8H9N5S/c1-2-13-7(4-10-12-13)6-3-9-5-8(14)11-6/h3-5H,2H2,1H3,(H,11,14). The molecule has 0 saturated carbocycles. The van der Waals surface area contributed by atoms with Gasteiger partial charge < -0.3 is 4.98 Å². The number of aromatic nitrogens is 5. The maximum absolute atomic E-state index is 4.98. The number of hydrogen-bond donors (Lipinski definition) is 1. The summed E-state index contributed by atoms with van der Waals surface area (Å²) in [6, 6.07) is 0. The van der Waals surface area contributed by atoms with Crippen molar-refractivity contribution in [2.24, 2.45) is 0 Å². The second-order valence-electron chi connectivity index (χ2n) is 2.75. The van der Waals surface area contributed by atoms with Crippen molar-refractivity contribution in [1.29, 1.82) is 0 Å². The van der Waals surface area contributed by atoms with Gasteiger partial charge in [0.15, 0.2) is 0 Å². The largest absolute Gasteiger partial charge is 0.342 e. The fourth-order valence-electron chi connectivity index (χ4n) is 1.21. The van der Waals surface area contributed by atoms with Gasteiger partial charge in [-0.1, -0.05) is 17.4 Å². The Hall–Kier alpha value is -1.56. The lowest BCUT2D eigenvalue weighted by molar-refractivity contribution is 0.631. The van der Waals surface area contributed by atoms with Gasteiger partial charge in [0.05, 0.1) is 24.3 Å². The Morgan fingerprint density at radius 2 is 2.29 bits per heavy atom. The summed E-state index contributed by atoms with van der Waals surface area (Å²) in [5.74, 6) is 0. The maximum atomic E-state index is 4.98. The highest BCUT2D eigenvalue weighted by molar-refractivity contribution is 7.71. The lowest BCUT2D eigenvalue weighted by atomic mass is 10.3. The van der Waals surface area contributed by atoms with Gasteiger partial charge in [0.1, 0.15) is 10.3 Å².